The molecule has 2 aromatic rings. The number of benzene rings is 1. The van der Waals surface area contributed by atoms with Crippen molar-refractivity contribution < 1.29 is 9.53 Å². The van der Waals surface area contributed by atoms with E-state index < -0.39 is 0 Å². The van der Waals surface area contributed by atoms with Crippen LogP contribution in [0.25, 0.3) is 0 Å². The normalized spacial score (nSPS) is 10.6. The Morgan fingerprint density at radius 3 is 2.62 bits per heavy atom. The van der Waals surface area contributed by atoms with Gasteiger partial charge in [0.1, 0.15) is 5.69 Å². The second-order valence-electron chi connectivity index (χ2n) is 5.39. The van der Waals surface area contributed by atoms with Crippen molar-refractivity contribution in [3.8, 4) is 0 Å². The number of carbonyl (C=O) groups is 1. The zero-order valence-electron chi connectivity index (χ0n) is 14.1. The summed E-state index contributed by atoms with van der Waals surface area (Å²) in [7, 11) is 1.56. The fraction of sp³-hybridized carbons (Fsp3) is 0.389. The molecule has 0 spiro atoms. The second-order valence-corrected chi connectivity index (χ2v) is 5.39. The highest BCUT2D eigenvalue weighted by Gasteiger charge is 2.16. The van der Waals surface area contributed by atoms with Gasteiger partial charge in [-0.15, -0.1) is 0 Å². The highest BCUT2D eigenvalue weighted by atomic mass is 16.5. The predicted molar refractivity (Wildman–Crippen MR) is 92.1 cm³/mol. The molecule has 6 heteroatoms. The maximum Gasteiger partial charge on any atom is 0.274 e. The molecule has 24 heavy (non-hydrogen) atoms. The molecule has 0 atom stereocenters. The monoisotopic (exact) mass is 329 g/mol. The van der Waals surface area contributed by atoms with Crippen LogP contribution in [-0.2, 0) is 17.7 Å². The van der Waals surface area contributed by atoms with Crippen LogP contribution in [0.4, 0.5) is 0 Å². The molecule has 1 aromatic carbocycles. The Morgan fingerprint density at radius 1 is 1.21 bits per heavy atom. The first-order valence-corrected chi connectivity index (χ1v) is 8.06. The quantitative estimate of drug-likeness (QED) is 0.738. The smallest absolute Gasteiger partial charge is 0.274 e. The summed E-state index contributed by atoms with van der Waals surface area (Å²) in [6.45, 7) is 3.83. The van der Waals surface area contributed by atoms with Gasteiger partial charge in [0, 0.05) is 26.3 Å². The molecule has 0 saturated heterocycles. The van der Waals surface area contributed by atoms with E-state index in [1.807, 2.05) is 37.3 Å². The summed E-state index contributed by atoms with van der Waals surface area (Å²) in [5, 5.41) is 4.17. The minimum absolute atomic E-state index is 0.167. The zero-order chi connectivity index (χ0) is 17.4. The second kappa shape index (κ2) is 8.98. The Labute approximate surface area is 141 Å². The molecule has 0 radical (unpaired) electrons. The molecule has 0 fully saturated rings. The van der Waals surface area contributed by atoms with Crippen LogP contribution in [0.1, 0.15) is 23.0 Å². The van der Waals surface area contributed by atoms with Gasteiger partial charge in [-0.2, -0.15) is 5.10 Å². The van der Waals surface area contributed by atoms with Crippen LogP contribution in [0.5, 0.6) is 0 Å². The van der Waals surface area contributed by atoms with Crippen molar-refractivity contribution in [3.63, 3.8) is 0 Å². The highest BCUT2D eigenvalue weighted by molar-refractivity contribution is 5.92. The van der Waals surface area contributed by atoms with Gasteiger partial charge in [-0.1, -0.05) is 30.3 Å². The number of hydrogen-bond acceptors (Lipinski definition) is 4. The van der Waals surface area contributed by atoms with Crippen molar-refractivity contribution >= 4 is 5.91 Å². The van der Waals surface area contributed by atoms with E-state index >= 15 is 0 Å². The molecule has 1 heterocycles. The van der Waals surface area contributed by atoms with Crippen molar-refractivity contribution in [3.05, 3.63) is 64.1 Å². The zero-order valence-corrected chi connectivity index (χ0v) is 14.1. The topological polar surface area (TPSA) is 64.4 Å². The molecular weight excluding hydrogens is 306 g/mol. The predicted octanol–water partition coefficient (Wildman–Crippen LogP) is 1.59. The van der Waals surface area contributed by atoms with Gasteiger partial charge in [-0.3, -0.25) is 9.59 Å². The minimum Gasteiger partial charge on any atom is -0.383 e. The summed E-state index contributed by atoms with van der Waals surface area (Å²) >= 11 is 0. The van der Waals surface area contributed by atoms with E-state index in [0.29, 0.717) is 26.2 Å². The molecule has 0 aliphatic heterocycles. The molecule has 0 unspecified atom stereocenters. The lowest BCUT2D eigenvalue weighted by atomic mass is 10.1. The van der Waals surface area contributed by atoms with Crippen molar-refractivity contribution in [2.24, 2.45) is 0 Å². The molecule has 0 saturated carbocycles. The summed E-state index contributed by atoms with van der Waals surface area (Å²) in [6.07, 6.45) is 0.781. The van der Waals surface area contributed by atoms with Gasteiger partial charge in [-0.25, -0.2) is 4.68 Å². The van der Waals surface area contributed by atoms with Crippen LogP contribution in [0.2, 0.25) is 0 Å². The molecule has 128 valence electrons. The Balaban J connectivity index is 2.08. The van der Waals surface area contributed by atoms with Crippen LogP contribution >= 0.6 is 0 Å². The van der Waals surface area contributed by atoms with Crippen LogP contribution in [0.15, 0.2) is 47.3 Å². The Hall–Kier alpha value is -2.47. The average molecular weight is 329 g/mol. The molecule has 1 amide bonds. The third-order valence-electron chi connectivity index (χ3n) is 3.78. The number of methoxy groups -OCH3 is 1. The molecule has 2 rings (SSSR count). The SMILES string of the molecule is CCN(CCc1ccccc1)C(=O)c1ccc(=O)n(CCOC)n1. The van der Waals surface area contributed by atoms with Crippen molar-refractivity contribution in [2.75, 3.05) is 26.8 Å². The average Bonchev–Trinajstić information content (AvgIpc) is 2.62. The Bertz CT molecular complexity index is 713. The number of nitrogens with zero attached hydrogens (tertiary/aromatic N) is 3. The molecule has 0 aliphatic carbocycles. The summed E-state index contributed by atoms with van der Waals surface area (Å²) < 4.78 is 6.23. The Morgan fingerprint density at radius 2 is 1.96 bits per heavy atom. The number of likely N-dealkylation sites (N-methyl/N-ethyl adjacent to an activating group) is 1. The summed E-state index contributed by atoms with van der Waals surface area (Å²) in [6, 6.07) is 12.9. The lowest BCUT2D eigenvalue weighted by Gasteiger charge is -2.20. The first-order valence-electron chi connectivity index (χ1n) is 8.06. The number of amides is 1. The van der Waals surface area contributed by atoms with Crippen LogP contribution in [0, 0.1) is 0 Å². The fourth-order valence-corrected chi connectivity index (χ4v) is 2.37. The van der Waals surface area contributed by atoms with Gasteiger partial charge in [-0.05, 0) is 25.0 Å². The van der Waals surface area contributed by atoms with E-state index in [2.05, 4.69) is 5.10 Å². The number of aromatic nitrogens is 2. The molecule has 6 nitrogen and oxygen atoms in total. The Kier molecular flexibility index (Phi) is 6.69. The van der Waals surface area contributed by atoms with Gasteiger partial charge in [0.05, 0.1) is 13.2 Å². The van der Waals surface area contributed by atoms with E-state index in [4.69, 9.17) is 4.74 Å². The van der Waals surface area contributed by atoms with Crippen LogP contribution in [0.3, 0.4) is 0 Å². The van der Waals surface area contributed by atoms with E-state index in [1.54, 1.807) is 12.0 Å². The van der Waals surface area contributed by atoms with E-state index in [0.717, 1.165) is 6.42 Å². The molecule has 0 bridgehead atoms. The minimum atomic E-state index is -0.240. The van der Waals surface area contributed by atoms with Gasteiger partial charge in [0.15, 0.2) is 0 Å². The molecule has 0 N–H and O–H groups in total. The van der Waals surface area contributed by atoms with Gasteiger partial charge < -0.3 is 9.64 Å². The number of hydrogen-bond donors (Lipinski definition) is 0. The van der Waals surface area contributed by atoms with Crippen molar-refractivity contribution in [1.82, 2.24) is 14.7 Å². The van der Waals surface area contributed by atoms with Gasteiger partial charge in [0.25, 0.3) is 11.5 Å². The first-order chi connectivity index (χ1) is 11.7. The number of rotatable bonds is 8. The van der Waals surface area contributed by atoms with Crippen molar-refractivity contribution in [1.29, 1.82) is 0 Å². The lowest BCUT2D eigenvalue weighted by molar-refractivity contribution is 0.0756. The van der Waals surface area contributed by atoms with Crippen LogP contribution < -0.4 is 5.56 Å². The maximum absolute atomic E-state index is 12.7. The summed E-state index contributed by atoms with van der Waals surface area (Å²) in [4.78, 5) is 26.2. The molecule has 1 aromatic heterocycles. The molecular formula is C18H23N3O3. The standard InChI is InChI=1S/C18H23N3O3/c1-3-20(12-11-15-7-5-4-6-8-15)18(23)16-9-10-17(22)21(19-16)13-14-24-2/h4-10H,3,11-14H2,1-2H3. The van der Waals surface area contributed by atoms with Crippen molar-refractivity contribution in [2.45, 2.75) is 19.9 Å². The summed E-state index contributed by atoms with van der Waals surface area (Å²) in [5.74, 6) is -0.167. The third-order valence-corrected chi connectivity index (χ3v) is 3.78. The number of carbonyl (C=O) groups excluding carboxylic acids is 1. The maximum atomic E-state index is 12.7. The van der Waals surface area contributed by atoms with E-state index in [9.17, 15) is 9.59 Å². The van der Waals surface area contributed by atoms with Gasteiger partial charge >= 0.3 is 0 Å². The van der Waals surface area contributed by atoms with E-state index in [-0.39, 0.29) is 17.2 Å². The third kappa shape index (κ3) is 4.76. The molecule has 0 aliphatic rings. The fourth-order valence-electron chi connectivity index (χ4n) is 2.37. The highest BCUT2D eigenvalue weighted by Crippen LogP contribution is 2.05. The largest absolute Gasteiger partial charge is 0.383 e. The van der Waals surface area contributed by atoms with Crippen LogP contribution in [-0.4, -0.2) is 47.4 Å². The van der Waals surface area contributed by atoms with E-state index in [1.165, 1.54) is 22.4 Å². The lowest BCUT2D eigenvalue weighted by Crippen LogP contribution is -2.35. The summed E-state index contributed by atoms with van der Waals surface area (Å²) in [5.41, 5.74) is 1.22. The number of ether oxygens (including phenoxy) is 1. The van der Waals surface area contributed by atoms with Gasteiger partial charge in [0.2, 0.25) is 0 Å². The first kappa shape index (κ1) is 17.9.